The van der Waals surface area contributed by atoms with E-state index in [0.29, 0.717) is 17.8 Å². The van der Waals surface area contributed by atoms with E-state index in [1.54, 1.807) is 0 Å². The van der Waals surface area contributed by atoms with E-state index in [2.05, 4.69) is 82.0 Å². The van der Waals surface area contributed by atoms with Gasteiger partial charge in [0.05, 0.1) is 5.75 Å². The van der Waals surface area contributed by atoms with Crippen LogP contribution in [-0.2, 0) is 24.2 Å². The maximum atomic E-state index is 13.0. The number of hydrogen-bond donors (Lipinski definition) is 0. The molecule has 5 nitrogen and oxygen atoms in total. The zero-order valence-corrected chi connectivity index (χ0v) is 19.8. The molecule has 3 aromatic rings. The molecule has 32 heavy (non-hydrogen) atoms. The van der Waals surface area contributed by atoms with Gasteiger partial charge in [0.25, 0.3) is 0 Å². The van der Waals surface area contributed by atoms with Crippen molar-refractivity contribution in [1.82, 2.24) is 19.7 Å². The van der Waals surface area contributed by atoms with Gasteiger partial charge in [-0.25, -0.2) is 0 Å². The number of carbonyl (C=O) groups is 1. The Hall–Kier alpha value is -2.60. The summed E-state index contributed by atoms with van der Waals surface area (Å²) >= 11 is 1.52. The number of piperidine rings is 1. The SMILES string of the molecule is C[C@@H]1CCC[C@H](C)N1C(=O)CSc1nnc(Cc2ccccc2)n1CCc1ccccc1. The van der Waals surface area contributed by atoms with Crippen molar-refractivity contribution in [1.29, 1.82) is 0 Å². The molecule has 1 saturated heterocycles. The van der Waals surface area contributed by atoms with Crippen LogP contribution < -0.4 is 0 Å². The molecule has 0 radical (unpaired) electrons. The summed E-state index contributed by atoms with van der Waals surface area (Å²) in [6, 6.07) is 21.5. The smallest absolute Gasteiger partial charge is 0.233 e. The number of aryl methyl sites for hydroxylation is 1. The van der Waals surface area contributed by atoms with Gasteiger partial charge in [-0.15, -0.1) is 10.2 Å². The molecule has 2 heterocycles. The molecule has 4 rings (SSSR count). The van der Waals surface area contributed by atoms with Crippen molar-refractivity contribution in [3.8, 4) is 0 Å². The molecular formula is C26H32N4OS. The van der Waals surface area contributed by atoms with Crippen molar-refractivity contribution in [3.63, 3.8) is 0 Å². The number of thioether (sulfide) groups is 1. The number of aromatic nitrogens is 3. The number of hydrogen-bond acceptors (Lipinski definition) is 4. The molecule has 2 aromatic carbocycles. The van der Waals surface area contributed by atoms with Crippen molar-refractivity contribution < 1.29 is 4.79 Å². The number of nitrogens with zero attached hydrogens (tertiary/aromatic N) is 4. The summed E-state index contributed by atoms with van der Waals surface area (Å²) in [4.78, 5) is 15.1. The first-order chi connectivity index (χ1) is 15.6. The quantitative estimate of drug-likeness (QED) is 0.456. The Morgan fingerprint density at radius 2 is 1.56 bits per heavy atom. The third-order valence-electron chi connectivity index (χ3n) is 6.27. The van der Waals surface area contributed by atoms with Crippen LogP contribution in [0.1, 0.15) is 50.1 Å². The molecule has 0 spiro atoms. The molecule has 0 unspecified atom stereocenters. The van der Waals surface area contributed by atoms with Crippen LogP contribution in [0.3, 0.4) is 0 Å². The van der Waals surface area contributed by atoms with Crippen molar-refractivity contribution in [3.05, 3.63) is 77.6 Å². The van der Waals surface area contributed by atoms with Crippen LogP contribution in [0.15, 0.2) is 65.8 Å². The summed E-state index contributed by atoms with van der Waals surface area (Å²) in [5.74, 6) is 1.56. The second-order valence-corrected chi connectivity index (χ2v) is 9.61. The van der Waals surface area contributed by atoms with Crippen LogP contribution in [0.2, 0.25) is 0 Å². The van der Waals surface area contributed by atoms with Crippen LogP contribution in [-0.4, -0.2) is 43.4 Å². The maximum Gasteiger partial charge on any atom is 0.233 e. The van der Waals surface area contributed by atoms with E-state index in [0.717, 1.165) is 43.2 Å². The van der Waals surface area contributed by atoms with Gasteiger partial charge >= 0.3 is 0 Å². The first kappa shape index (κ1) is 22.6. The zero-order chi connectivity index (χ0) is 22.3. The lowest BCUT2D eigenvalue weighted by atomic mass is 9.98. The minimum Gasteiger partial charge on any atom is -0.337 e. The molecule has 168 valence electrons. The number of amides is 1. The molecule has 0 bridgehead atoms. The van der Waals surface area contributed by atoms with E-state index in [9.17, 15) is 4.79 Å². The Balaban J connectivity index is 1.49. The fourth-order valence-corrected chi connectivity index (χ4v) is 5.41. The Labute approximate surface area is 195 Å². The summed E-state index contributed by atoms with van der Waals surface area (Å²) in [7, 11) is 0. The molecule has 6 heteroatoms. The largest absolute Gasteiger partial charge is 0.337 e. The van der Waals surface area contributed by atoms with Crippen LogP contribution in [0.25, 0.3) is 0 Å². The highest BCUT2D eigenvalue weighted by atomic mass is 32.2. The second-order valence-electron chi connectivity index (χ2n) is 8.67. The Morgan fingerprint density at radius 1 is 0.938 bits per heavy atom. The van der Waals surface area contributed by atoms with Crippen LogP contribution in [0.4, 0.5) is 0 Å². The molecule has 0 saturated carbocycles. The summed E-state index contributed by atoms with van der Waals surface area (Å²) in [6.07, 6.45) is 5.03. The van der Waals surface area contributed by atoms with E-state index < -0.39 is 0 Å². The van der Waals surface area contributed by atoms with Crippen LogP contribution in [0, 0.1) is 0 Å². The van der Waals surface area contributed by atoms with Crippen molar-refractivity contribution in [2.45, 2.75) is 69.7 Å². The third kappa shape index (κ3) is 5.60. The highest BCUT2D eigenvalue weighted by Gasteiger charge is 2.29. The fourth-order valence-electron chi connectivity index (χ4n) is 4.56. The molecule has 2 atom stereocenters. The number of likely N-dealkylation sites (tertiary alicyclic amines) is 1. The van der Waals surface area contributed by atoms with Crippen LogP contribution in [0.5, 0.6) is 0 Å². The Bertz CT molecular complexity index is 995. The topological polar surface area (TPSA) is 51.0 Å². The highest BCUT2D eigenvalue weighted by molar-refractivity contribution is 7.99. The van der Waals surface area contributed by atoms with Crippen LogP contribution >= 0.6 is 11.8 Å². The normalized spacial score (nSPS) is 18.6. The zero-order valence-electron chi connectivity index (χ0n) is 19.0. The van der Waals surface area contributed by atoms with Gasteiger partial charge in [-0.2, -0.15) is 0 Å². The van der Waals surface area contributed by atoms with E-state index in [1.165, 1.54) is 29.3 Å². The summed E-state index contributed by atoms with van der Waals surface area (Å²) in [6.45, 7) is 5.13. The highest BCUT2D eigenvalue weighted by Crippen LogP contribution is 2.25. The van der Waals surface area contributed by atoms with E-state index in [-0.39, 0.29) is 5.91 Å². The molecule has 1 aliphatic heterocycles. The number of benzene rings is 2. The lowest BCUT2D eigenvalue weighted by Crippen LogP contribution is -2.48. The Kier molecular flexibility index (Phi) is 7.63. The number of rotatable bonds is 8. The van der Waals surface area contributed by atoms with Gasteiger partial charge < -0.3 is 9.47 Å². The fraction of sp³-hybridized carbons (Fsp3) is 0.423. The predicted molar refractivity (Wildman–Crippen MR) is 130 cm³/mol. The van der Waals surface area contributed by atoms with Crippen molar-refractivity contribution in [2.75, 3.05) is 5.75 Å². The van der Waals surface area contributed by atoms with Gasteiger partial charge in [0.2, 0.25) is 5.91 Å². The first-order valence-electron chi connectivity index (χ1n) is 11.6. The molecule has 1 fully saturated rings. The van der Waals surface area contributed by atoms with Gasteiger partial charge in [0, 0.05) is 25.0 Å². The van der Waals surface area contributed by atoms with Gasteiger partial charge in [-0.3, -0.25) is 4.79 Å². The number of carbonyl (C=O) groups excluding carboxylic acids is 1. The first-order valence-corrected chi connectivity index (χ1v) is 12.5. The third-order valence-corrected chi connectivity index (χ3v) is 7.22. The molecule has 1 aromatic heterocycles. The lowest BCUT2D eigenvalue weighted by molar-refractivity contribution is -0.134. The minimum absolute atomic E-state index is 0.205. The monoisotopic (exact) mass is 448 g/mol. The minimum atomic E-state index is 0.205. The van der Waals surface area contributed by atoms with Gasteiger partial charge in [-0.1, -0.05) is 72.4 Å². The average Bonchev–Trinajstić information content (AvgIpc) is 3.18. The van der Waals surface area contributed by atoms with E-state index >= 15 is 0 Å². The Morgan fingerprint density at radius 3 is 2.22 bits per heavy atom. The van der Waals surface area contributed by atoms with E-state index in [4.69, 9.17) is 0 Å². The summed E-state index contributed by atoms with van der Waals surface area (Å²) in [5.41, 5.74) is 2.50. The maximum absolute atomic E-state index is 13.0. The summed E-state index contributed by atoms with van der Waals surface area (Å²) < 4.78 is 2.20. The molecule has 1 amide bonds. The second kappa shape index (κ2) is 10.8. The average molecular weight is 449 g/mol. The molecule has 0 aliphatic carbocycles. The predicted octanol–water partition coefficient (Wildman–Crippen LogP) is 4.99. The van der Waals surface area contributed by atoms with Crippen molar-refractivity contribution >= 4 is 17.7 Å². The molecule has 0 N–H and O–H groups in total. The van der Waals surface area contributed by atoms with Crippen molar-refractivity contribution in [2.24, 2.45) is 0 Å². The lowest BCUT2D eigenvalue weighted by Gasteiger charge is -2.39. The molecule has 1 aliphatic rings. The van der Waals surface area contributed by atoms with Gasteiger partial charge in [-0.05, 0) is 50.7 Å². The van der Waals surface area contributed by atoms with E-state index in [1.807, 2.05) is 12.1 Å². The molecular weight excluding hydrogens is 416 g/mol. The standard InChI is InChI=1S/C26H32N4OS/c1-20-10-9-11-21(2)30(20)25(31)19-32-26-28-27-24(18-23-14-7-4-8-15-23)29(26)17-16-22-12-5-3-6-13-22/h3-8,12-15,20-21H,9-11,16-19H2,1-2H3/t20-,21+. The van der Waals surface area contributed by atoms with Gasteiger partial charge in [0.1, 0.15) is 5.82 Å². The van der Waals surface area contributed by atoms with Gasteiger partial charge in [0.15, 0.2) is 5.16 Å². The summed E-state index contributed by atoms with van der Waals surface area (Å²) in [5, 5.41) is 9.83.